The molecule has 0 nitrogen and oxygen atoms in total. The van der Waals surface area contributed by atoms with Crippen molar-refractivity contribution in [3.8, 4) is 0 Å². The first-order valence-electron chi connectivity index (χ1n) is 1.62. The van der Waals surface area contributed by atoms with Gasteiger partial charge in [-0.2, -0.15) is 0 Å². The molecule has 0 saturated carbocycles. The van der Waals surface area contributed by atoms with Gasteiger partial charge in [0.15, 0.2) is 0 Å². The first kappa shape index (κ1) is 5.15. The zero-order valence-electron chi connectivity index (χ0n) is 3.16. The molecule has 0 amide bonds. The molecule has 1 atom stereocenters. The van der Waals surface area contributed by atoms with Crippen molar-refractivity contribution in [1.29, 1.82) is 0 Å². The predicted molar refractivity (Wildman–Crippen MR) is 20.9 cm³/mol. The van der Waals surface area contributed by atoms with Crippen molar-refractivity contribution in [2.24, 2.45) is 0 Å². The minimum absolute atomic E-state index is 0.552. The molecule has 29 valence electrons. The summed E-state index contributed by atoms with van der Waals surface area (Å²) in [6.07, 6.45) is 0.552. The van der Waals surface area contributed by atoms with Gasteiger partial charge in [-0.3, -0.25) is 4.39 Å². The fourth-order valence-electron chi connectivity index (χ4n) is 0. The van der Waals surface area contributed by atoms with E-state index < -0.39 is 5.79 Å². The highest BCUT2D eigenvalue weighted by Gasteiger charge is 1.86. The Labute approximate surface area is 34.8 Å². The lowest BCUT2D eigenvalue weighted by Gasteiger charge is -1.85. The Kier molecular flexibility index (Phi) is 2.46. The summed E-state index contributed by atoms with van der Waals surface area (Å²) in [6.45, 7) is 1.78. The number of rotatable bonds is 1. The molecular weight excluding hydrogens is 83.1 g/mol. The topological polar surface area (TPSA) is 0 Å². The van der Waals surface area contributed by atoms with E-state index in [1.165, 1.54) is 0 Å². The molecule has 0 aliphatic rings. The third-order valence-electron chi connectivity index (χ3n) is 0.358. The van der Waals surface area contributed by atoms with Crippen molar-refractivity contribution < 1.29 is 4.39 Å². The van der Waals surface area contributed by atoms with Crippen LogP contribution in [-0.2, 0) is 0 Å². The molecule has 3 radical (unpaired) electrons. The molecule has 0 bridgehead atoms. The molecular formula is C3H6FSi. The van der Waals surface area contributed by atoms with Gasteiger partial charge in [0.1, 0.15) is 0 Å². The van der Waals surface area contributed by atoms with Crippen LogP contribution in [0.2, 0.25) is 0 Å². The molecule has 0 fully saturated rings. The van der Waals surface area contributed by atoms with E-state index in [0.717, 1.165) is 0 Å². The lowest BCUT2D eigenvalue weighted by atomic mass is 10.5. The van der Waals surface area contributed by atoms with Crippen LogP contribution < -0.4 is 0 Å². The third-order valence-corrected chi connectivity index (χ3v) is 0.767. The Morgan fingerprint density at radius 3 is 2.20 bits per heavy atom. The Hall–Kier alpha value is 0.147. The van der Waals surface area contributed by atoms with Crippen molar-refractivity contribution in [3.05, 3.63) is 0 Å². The first-order chi connectivity index (χ1) is 2.27. The molecule has 5 heavy (non-hydrogen) atoms. The maximum atomic E-state index is 11.3. The zero-order chi connectivity index (χ0) is 4.28. The highest BCUT2D eigenvalue weighted by molar-refractivity contribution is 6.10. The maximum absolute atomic E-state index is 11.3. The van der Waals surface area contributed by atoms with Crippen molar-refractivity contribution in [3.63, 3.8) is 0 Å². The molecule has 2 heteroatoms. The second kappa shape index (κ2) is 2.39. The zero-order valence-corrected chi connectivity index (χ0v) is 4.16. The van der Waals surface area contributed by atoms with Gasteiger partial charge in [0.2, 0.25) is 0 Å². The molecule has 0 aliphatic heterocycles. The Morgan fingerprint density at radius 2 is 2.20 bits per heavy atom. The third kappa shape index (κ3) is 4.15. The van der Waals surface area contributed by atoms with Crippen LogP contribution >= 0.6 is 0 Å². The van der Waals surface area contributed by atoms with Gasteiger partial charge < -0.3 is 0 Å². The van der Waals surface area contributed by atoms with Crippen LogP contribution in [-0.4, -0.2) is 16.0 Å². The molecule has 0 aromatic rings. The Morgan fingerprint density at radius 1 is 2.00 bits per heavy atom. The fraction of sp³-hybridized carbons (Fsp3) is 1.00. The summed E-state index contributed by atoms with van der Waals surface area (Å²) in [5.74, 6) is -0.810. The Balaban J connectivity index is 2.54. The second-order valence-electron chi connectivity index (χ2n) is 0.876. The summed E-state index contributed by atoms with van der Waals surface area (Å²) in [7, 11) is 2.75. The number of halogens is 1. The lowest BCUT2D eigenvalue weighted by Crippen LogP contribution is -1.92. The summed E-state index contributed by atoms with van der Waals surface area (Å²) in [5, 5.41) is 0. The van der Waals surface area contributed by atoms with Gasteiger partial charge in [0.25, 0.3) is 0 Å². The standard InChI is InChI=1S/C3H6FSi/c1-2-3(4)5/h3H,2H2,1H3. The van der Waals surface area contributed by atoms with Crippen LogP contribution in [0.25, 0.3) is 0 Å². The lowest BCUT2D eigenvalue weighted by molar-refractivity contribution is 0.433. The summed E-state index contributed by atoms with van der Waals surface area (Å²) < 4.78 is 11.3. The van der Waals surface area contributed by atoms with E-state index >= 15 is 0 Å². The van der Waals surface area contributed by atoms with Crippen LogP contribution in [0, 0.1) is 0 Å². The molecule has 0 saturated heterocycles. The summed E-state index contributed by atoms with van der Waals surface area (Å²) >= 11 is 0. The molecule has 0 aliphatic carbocycles. The minimum Gasteiger partial charge on any atom is -0.252 e. The van der Waals surface area contributed by atoms with Crippen LogP contribution in [0.5, 0.6) is 0 Å². The average molecular weight is 89.2 g/mol. The van der Waals surface area contributed by atoms with Crippen LogP contribution in [0.3, 0.4) is 0 Å². The van der Waals surface area contributed by atoms with E-state index in [-0.39, 0.29) is 0 Å². The van der Waals surface area contributed by atoms with Crippen molar-refractivity contribution >= 4 is 10.2 Å². The smallest absolute Gasteiger partial charge is 0.0820 e. The normalized spacial score (nSPS) is 15.0. The van der Waals surface area contributed by atoms with E-state index in [9.17, 15) is 4.39 Å². The van der Waals surface area contributed by atoms with Gasteiger partial charge in [-0.1, -0.05) is 6.92 Å². The highest BCUT2D eigenvalue weighted by Crippen LogP contribution is 1.85. The van der Waals surface area contributed by atoms with E-state index in [1.54, 1.807) is 6.92 Å². The van der Waals surface area contributed by atoms with Gasteiger partial charge in [-0.15, -0.1) is 0 Å². The second-order valence-corrected chi connectivity index (χ2v) is 1.50. The average Bonchev–Trinajstić information content (AvgIpc) is 1.38. The Bertz CT molecular complexity index is 20.9. The van der Waals surface area contributed by atoms with Crippen LogP contribution in [0.4, 0.5) is 4.39 Å². The molecule has 0 rings (SSSR count). The van der Waals surface area contributed by atoms with Crippen molar-refractivity contribution in [2.45, 2.75) is 19.1 Å². The molecule has 0 aromatic carbocycles. The van der Waals surface area contributed by atoms with E-state index in [0.29, 0.717) is 6.42 Å². The van der Waals surface area contributed by atoms with Crippen molar-refractivity contribution in [1.82, 2.24) is 0 Å². The molecule has 1 unspecified atom stereocenters. The van der Waals surface area contributed by atoms with Gasteiger partial charge >= 0.3 is 0 Å². The number of hydrogen-bond acceptors (Lipinski definition) is 0. The summed E-state index contributed by atoms with van der Waals surface area (Å²) in [5.41, 5.74) is 0. The van der Waals surface area contributed by atoms with E-state index in [1.807, 2.05) is 0 Å². The molecule has 0 aromatic heterocycles. The summed E-state index contributed by atoms with van der Waals surface area (Å²) in [6, 6.07) is 0. The van der Waals surface area contributed by atoms with Crippen LogP contribution in [0.1, 0.15) is 13.3 Å². The largest absolute Gasteiger partial charge is 0.252 e. The van der Waals surface area contributed by atoms with Gasteiger partial charge in [0, 0.05) is 0 Å². The van der Waals surface area contributed by atoms with E-state index in [2.05, 4.69) is 10.2 Å². The number of hydrogen-bond donors (Lipinski definition) is 0. The van der Waals surface area contributed by atoms with Crippen molar-refractivity contribution in [2.75, 3.05) is 0 Å². The molecule has 0 spiro atoms. The quantitative estimate of drug-likeness (QED) is 0.418. The van der Waals surface area contributed by atoms with Gasteiger partial charge in [0.05, 0.1) is 16.0 Å². The number of alkyl halides is 1. The first-order valence-corrected chi connectivity index (χ1v) is 2.20. The minimum atomic E-state index is -0.810. The predicted octanol–water partition coefficient (Wildman–Crippen LogP) is 0.861. The molecule has 0 N–H and O–H groups in total. The maximum Gasteiger partial charge on any atom is 0.0820 e. The van der Waals surface area contributed by atoms with E-state index in [4.69, 9.17) is 0 Å². The van der Waals surface area contributed by atoms with Crippen LogP contribution in [0.15, 0.2) is 0 Å². The monoisotopic (exact) mass is 89.0 g/mol. The SMILES string of the molecule is CCC(F)[Si]. The highest BCUT2D eigenvalue weighted by atomic mass is 28.1. The van der Waals surface area contributed by atoms with Gasteiger partial charge in [-0.25, -0.2) is 0 Å². The fourth-order valence-corrected chi connectivity index (χ4v) is 0. The summed E-state index contributed by atoms with van der Waals surface area (Å²) in [4.78, 5) is 0. The molecule has 0 heterocycles. The van der Waals surface area contributed by atoms with Gasteiger partial charge in [-0.05, 0) is 6.42 Å².